The molecule has 162 valence electrons. The lowest BCUT2D eigenvalue weighted by Crippen LogP contribution is -2.34. The highest BCUT2D eigenvalue weighted by atomic mass is 32.1. The van der Waals surface area contributed by atoms with Gasteiger partial charge in [0.25, 0.3) is 5.91 Å². The molecule has 0 fully saturated rings. The second-order valence-electron chi connectivity index (χ2n) is 7.96. The molecule has 5 nitrogen and oxygen atoms in total. The van der Waals surface area contributed by atoms with E-state index in [0.29, 0.717) is 11.5 Å². The van der Waals surface area contributed by atoms with Crippen LogP contribution in [-0.4, -0.2) is 16.0 Å². The molecule has 0 saturated carbocycles. The second kappa shape index (κ2) is 8.48. The number of benzene rings is 4. The Morgan fingerprint density at radius 2 is 1.70 bits per heavy atom. The molecule has 1 amide bonds. The third-order valence-corrected chi connectivity index (χ3v) is 5.68. The van der Waals surface area contributed by atoms with Gasteiger partial charge in [-0.05, 0) is 84.4 Å². The Morgan fingerprint density at radius 3 is 2.52 bits per heavy atom. The van der Waals surface area contributed by atoms with Gasteiger partial charge in [0, 0.05) is 16.8 Å². The van der Waals surface area contributed by atoms with Crippen molar-refractivity contribution in [1.29, 1.82) is 0 Å². The van der Waals surface area contributed by atoms with Gasteiger partial charge in [-0.3, -0.25) is 10.1 Å². The molecular formula is C27H21N3O2S. The van der Waals surface area contributed by atoms with Crippen LogP contribution in [0.15, 0.2) is 83.3 Å². The van der Waals surface area contributed by atoms with Crippen molar-refractivity contribution in [2.24, 2.45) is 0 Å². The number of fused-ring (bicyclic) bond motifs is 2. The molecule has 5 rings (SSSR count). The first-order valence-electron chi connectivity index (χ1n) is 10.6. The average molecular weight is 452 g/mol. The van der Waals surface area contributed by atoms with Gasteiger partial charge in [0.15, 0.2) is 10.7 Å². The van der Waals surface area contributed by atoms with Gasteiger partial charge < -0.3 is 9.73 Å². The van der Waals surface area contributed by atoms with Crippen LogP contribution >= 0.6 is 12.2 Å². The highest BCUT2D eigenvalue weighted by Gasteiger charge is 2.13. The van der Waals surface area contributed by atoms with Gasteiger partial charge in [-0.25, -0.2) is 4.98 Å². The van der Waals surface area contributed by atoms with Crippen LogP contribution in [0.3, 0.4) is 0 Å². The van der Waals surface area contributed by atoms with E-state index in [-0.39, 0.29) is 11.0 Å². The van der Waals surface area contributed by atoms with Gasteiger partial charge in [-0.15, -0.1) is 0 Å². The number of hydrogen-bond donors (Lipinski definition) is 2. The molecule has 6 heteroatoms. The van der Waals surface area contributed by atoms with Crippen LogP contribution in [0.5, 0.6) is 0 Å². The molecule has 0 aliphatic carbocycles. The zero-order chi connectivity index (χ0) is 22.9. The summed E-state index contributed by atoms with van der Waals surface area (Å²) in [6.45, 7) is 4.06. The van der Waals surface area contributed by atoms with E-state index in [0.717, 1.165) is 44.2 Å². The van der Waals surface area contributed by atoms with Crippen LogP contribution in [0.25, 0.3) is 33.3 Å². The number of thiocarbonyl (C=S) groups is 1. The Kier molecular flexibility index (Phi) is 5.36. The maximum absolute atomic E-state index is 12.8. The Hall–Kier alpha value is -4.03. The highest BCUT2D eigenvalue weighted by molar-refractivity contribution is 7.80. The SMILES string of the molecule is Cc1cc(C)c2oc(-c3ccc(NC(=S)NC(=O)c4cccc5ccccc45)cc3)nc2c1. The lowest BCUT2D eigenvalue weighted by atomic mass is 10.0. The van der Waals surface area contributed by atoms with Gasteiger partial charge in [0.05, 0.1) is 0 Å². The number of aryl methyl sites for hydroxylation is 2. The van der Waals surface area contributed by atoms with Crippen molar-refractivity contribution in [3.63, 3.8) is 0 Å². The first-order valence-corrected chi connectivity index (χ1v) is 11.0. The van der Waals surface area contributed by atoms with E-state index in [4.69, 9.17) is 16.6 Å². The van der Waals surface area contributed by atoms with E-state index >= 15 is 0 Å². The summed E-state index contributed by atoms with van der Waals surface area (Å²) in [7, 11) is 0. The third-order valence-electron chi connectivity index (χ3n) is 5.47. The summed E-state index contributed by atoms with van der Waals surface area (Å²) < 4.78 is 5.98. The van der Waals surface area contributed by atoms with Crippen molar-refractivity contribution in [3.05, 3.63) is 95.6 Å². The summed E-state index contributed by atoms with van der Waals surface area (Å²) in [6.07, 6.45) is 0. The molecule has 0 radical (unpaired) electrons. The van der Waals surface area contributed by atoms with E-state index in [2.05, 4.69) is 21.7 Å². The van der Waals surface area contributed by atoms with E-state index in [1.807, 2.05) is 80.6 Å². The molecule has 0 bridgehead atoms. The molecule has 5 aromatic rings. The van der Waals surface area contributed by atoms with E-state index in [9.17, 15) is 4.79 Å². The van der Waals surface area contributed by atoms with Crippen molar-refractivity contribution < 1.29 is 9.21 Å². The maximum Gasteiger partial charge on any atom is 0.258 e. The van der Waals surface area contributed by atoms with Gasteiger partial charge in [-0.1, -0.05) is 42.5 Å². The van der Waals surface area contributed by atoms with Crippen molar-refractivity contribution in [2.45, 2.75) is 13.8 Å². The molecule has 0 saturated heterocycles. The average Bonchev–Trinajstić information content (AvgIpc) is 3.23. The largest absolute Gasteiger partial charge is 0.436 e. The number of anilines is 1. The topological polar surface area (TPSA) is 67.2 Å². The van der Waals surface area contributed by atoms with Crippen LogP contribution in [0, 0.1) is 13.8 Å². The Balaban J connectivity index is 1.30. The van der Waals surface area contributed by atoms with Crippen LogP contribution in [0.1, 0.15) is 21.5 Å². The van der Waals surface area contributed by atoms with Crippen LogP contribution in [0.4, 0.5) is 5.69 Å². The fraction of sp³-hybridized carbons (Fsp3) is 0.0741. The van der Waals surface area contributed by atoms with Crippen LogP contribution in [-0.2, 0) is 0 Å². The van der Waals surface area contributed by atoms with Gasteiger partial charge in [0.1, 0.15) is 5.52 Å². The smallest absolute Gasteiger partial charge is 0.258 e. The number of aromatic nitrogens is 1. The fourth-order valence-electron chi connectivity index (χ4n) is 3.95. The lowest BCUT2D eigenvalue weighted by molar-refractivity contribution is 0.0979. The fourth-order valence-corrected chi connectivity index (χ4v) is 4.16. The van der Waals surface area contributed by atoms with Crippen LogP contribution in [0.2, 0.25) is 0 Å². The number of hydrogen-bond acceptors (Lipinski definition) is 4. The summed E-state index contributed by atoms with van der Waals surface area (Å²) >= 11 is 5.36. The second-order valence-corrected chi connectivity index (χ2v) is 8.37. The van der Waals surface area contributed by atoms with E-state index < -0.39 is 0 Å². The lowest BCUT2D eigenvalue weighted by Gasteiger charge is -2.11. The summed E-state index contributed by atoms with van der Waals surface area (Å²) in [6, 6.07) is 25.0. The molecule has 33 heavy (non-hydrogen) atoms. The predicted octanol–water partition coefficient (Wildman–Crippen LogP) is 6.39. The Bertz CT molecular complexity index is 1520. The van der Waals surface area contributed by atoms with Gasteiger partial charge >= 0.3 is 0 Å². The van der Waals surface area contributed by atoms with Crippen molar-refractivity contribution in [1.82, 2.24) is 10.3 Å². The zero-order valence-electron chi connectivity index (χ0n) is 18.2. The maximum atomic E-state index is 12.8. The molecule has 0 atom stereocenters. The highest BCUT2D eigenvalue weighted by Crippen LogP contribution is 2.28. The number of carbonyl (C=O) groups is 1. The summed E-state index contributed by atoms with van der Waals surface area (Å²) in [5.74, 6) is 0.315. The molecule has 1 aromatic heterocycles. The van der Waals surface area contributed by atoms with Crippen molar-refractivity contribution in [3.8, 4) is 11.5 Å². The first kappa shape index (κ1) is 20.8. The van der Waals surface area contributed by atoms with Crippen molar-refractivity contribution >= 4 is 50.8 Å². The standard InChI is InChI=1S/C27H21N3O2S/c1-16-14-17(2)24-23(15-16)29-26(32-24)19-10-12-20(13-11-19)28-27(33)30-25(31)22-9-5-7-18-6-3-4-8-21(18)22/h3-15H,1-2H3,(H2,28,30,31,33). The minimum Gasteiger partial charge on any atom is -0.436 e. The van der Waals surface area contributed by atoms with Gasteiger partial charge in [0.2, 0.25) is 5.89 Å². The molecule has 4 aromatic carbocycles. The monoisotopic (exact) mass is 451 g/mol. The molecule has 0 aliphatic rings. The number of nitrogens with zero attached hydrogens (tertiary/aromatic N) is 1. The molecule has 0 spiro atoms. The zero-order valence-corrected chi connectivity index (χ0v) is 19.0. The van der Waals surface area contributed by atoms with Crippen molar-refractivity contribution in [2.75, 3.05) is 5.32 Å². The predicted molar refractivity (Wildman–Crippen MR) is 137 cm³/mol. The number of carbonyl (C=O) groups excluding carboxylic acids is 1. The Labute approximate surface area is 196 Å². The van der Waals surface area contributed by atoms with Crippen LogP contribution < -0.4 is 10.6 Å². The molecule has 1 heterocycles. The molecule has 0 unspecified atom stereocenters. The minimum atomic E-state index is -0.252. The molecule has 0 aliphatic heterocycles. The quantitative estimate of drug-likeness (QED) is 0.311. The number of oxazole rings is 1. The minimum absolute atomic E-state index is 0.230. The van der Waals surface area contributed by atoms with E-state index in [1.54, 1.807) is 6.07 Å². The number of amides is 1. The summed E-state index contributed by atoms with van der Waals surface area (Å²) in [4.78, 5) is 17.4. The summed E-state index contributed by atoms with van der Waals surface area (Å²) in [5.41, 5.74) is 6.06. The molecule has 2 N–H and O–H groups in total. The van der Waals surface area contributed by atoms with Gasteiger partial charge in [-0.2, -0.15) is 0 Å². The summed E-state index contributed by atoms with van der Waals surface area (Å²) in [5, 5.41) is 7.94. The number of rotatable bonds is 3. The first-order chi connectivity index (χ1) is 16.0. The van der Waals surface area contributed by atoms with E-state index in [1.165, 1.54) is 0 Å². The third kappa shape index (κ3) is 4.21. The number of nitrogens with one attached hydrogen (secondary N) is 2. The Morgan fingerprint density at radius 1 is 0.939 bits per heavy atom. The normalized spacial score (nSPS) is 11.0. The molecular weight excluding hydrogens is 430 g/mol.